The summed E-state index contributed by atoms with van der Waals surface area (Å²) in [6.07, 6.45) is 0. The predicted octanol–water partition coefficient (Wildman–Crippen LogP) is 1.65. The molecule has 0 radical (unpaired) electrons. The van der Waals surface area contributed by atoms with Gasteiger partial charge in [-0.25, -0.2) is 13.2 Å². The molecule has 0 spiro atoms. The molecule has 21 heavy (non-hydrogen) atoms. The first kappa shape index (κ1) is 14.7. The molecule has 0 amide bonds. The lowest BCUT2D eigenvalue weighted by atomic mass is 10.1. The van der Waals surface area contributed by atoms with Crippen LogP contribution in [0.4, 0.5) is 22.7 Å². The zero-order chi connectivity index (χ0) is 15.4. The molecule has 0 saturated carbocycles. The van der Waals surface area contributed by atoms with E-state index in [1.165, 1.54) is 12.1 Å². The number of nitrogens with two attached hydrogens (primary N) is 1. The maximum Gasteiger partial charge on any atom is 0.335 e. The Labute approximate surface area is 122 Å². The first-order chi connectivity index (χ1) is 9.97. The van der Waals surface area contributed by atoms with E-state index in [4.69, 9.17) is 10.8 Å². The summed E-state index contributed by atoms with van der Waals surface area (Å²) in [6, 6.07) is 11.4. The summed E-state index contributed by atoms with van der Waals surface area (Å²) in [5, 5.41) is 12.0. The Morgan fingerprint density at radius 2 is 1.81 bits per heavy atom. The van der Waals surface area contributed by atoms with Gasteiger partial charge in [-0.1, -0.05) is 18.2 Å². The minimum Gasteiger partial charge on any atom is -0.478 e. The summed E-state index contributed by atoms with van der Waals surface area (Å²) in [5.74, 6) is -1.20. The van der Waals surface area contributed by atoms with Crippen LogP contribution in [0.3, 0.4) is 0 Å². The standard InChI is InChI=1S/C13H13N3O4S/c14-10-6-8(13(17)18)7-11(16-21(19)20)12(10)15-9-4-2-1-3-5-9/h1-7,15,21H,14H2,(H,17,18)(H,16,19,20). The van der Waals surface area contributed by atoms with Gasteiger partial charge in [0.2, 0.25) is 10.9 Å². The molecule has 0 unspecified atom stereocenters. The summed E-state index contributed by atoms with van der Waals surface area (Å²) in [6.45, 7) is 0. The van der Waals surface area contributed by atoms with Gasteiger partial charge in [-0.3, -0.25) is 4.72 Å². The molecule has 0 aliphatic rings. The Morgan fingerprint density at radius 1 is 1.14 bits per heavy atom. The Balaban J connectivity index is 2.49. The number of para-hydroxylation sites is 1. The Kier molecular flexibility index (Phi) is 4.29. The molecule has 7 nitrogen and oxygen atoms in total. The number of carbonyl (C=O) groups is 1. The smallest absolute Gasteiger partial charge is 0.335 e. The van der Waals surface area contributed by atoms with Crippen molar-refractivity contribution in [3.8, 4) is 0 Å². The topological polar surface area (TPSA) is 122 Å². The summed E-state index contributed by atoms with van der Waals surface area (Å²) < 4.78 is 23.9. The molecule has 0 fully saturated rings. The van der Waals surface area contributed by atoms with Crippen LogP contribution < -0.4 is 15.8 Å². The number of aromatic carboxylic acids is 1. The Hall–Kier alpha value is -2.74. The highest BCUT2D eigenvalue weighted by molar-refractivity contribution is 7.73. The third kappa shape index (κ3) is 3.63. The van der Waals surface area contributed by atoms with Gasteiger partial charge in [0.05, 0.1) is 22.6 Å². The van der Waals surface area contributed by atoms with Crippen LogP contribution in [-0.4, -0.2) is 19.5 Å². The number of nitrogen functional groups attached to an aromatic ring is 1. The molecule has 0 saturated heterocycles. The molecule has 2 aromatic carbocycles. The molecule has 0 atom stereocenters. The van der Waals surface area contributed by atoms with Crippen molar-refractivity contribution in [1.82, 2.24) is 0 Å². The highest BCUT2D eigenvalue weighted by Crippen LogP contribution is 2.33. The second kappa shape index (κ2) is 6.14. The fourth-order valence-electron chi connectivity index (χ4n) is 1.78. The lowest BCUT2D eigenvalue weighted by molar-refractivity contribution is 0.0697. The van der Waals surface area contributed by atoms with Gasteiger partial charge in [0.15, 0.2) is 0 Å². The summed E-state index contributed by atoms with van der Waals surface area (Å²) in [7, 11) is -2.95. The maximum absolute atomic E-state index is 11.0. The van der Waals surface area contributed by atoms with Crippen molar-refractivity contribution < 1.29 is 18.3 Å². The Bertz CT molecular complexity index is 737. The first-order valence-corrected chi connectivity index (χ1v) is 7.05. The molecule has 110 valence electrons. The second-order valence-corrected chi connectivity index (χ2v) is 4.89. The maximum atomic E-state index is 11.0. The number of thiol groups is 1. The minimum absolute atomic E-state index is 0.0763. The number of rotatable bonds is 5. The third-order valence-electron chi connectivity index (χ3n) is 2.67. The van der Waals surface area contributed by atoms with Crippen LogP contribution in [0.5, 0.6) is 0 Å². The van der Waals surface area contributed by atoms with Crippen molar-refractivity contribution in [2.45, 2.75) is 0 Å². The molecule has 5 N–H and O–H groups in total. The van der Waals surface area contributed by atoms with E-state index in [-0.39, 0.29) is 16.9 Å². The van der Waals surface area contributed by atoms with Crippen molar-refractivity contribution in [3.63, 3.8) is 0 Å². The minimum atomic E-state index is -2.95. The molecule has 2 rings (SSSR count). The monoisotopic (exact) mass is 307 g/mol. The van der Waals surface area contributed by atoms with Gasteiger partial charge in [-0.15, -0.1) is 0 Å². The number of anilines is 4. The van der Waals surface area contributed by atoms with E-state index < -0.39 is 16.9 Å². The van der Waals surface area contributed by atoms with Crippen LogP contribution in [-0.2, 0) is 10.9 Å². The number of benzene rings is 2. The number of carboxylic acid groups (broad SMARTS) is 1. The second-order valence-electron chi connectivity index (χ2n) is 4.15. The highest BCUT2D eigenvalue weighted by atomic mass is 32.2. The first-order valence-electron chi connectivity index (χ1n) is 5.87. The molecule has 0 aliphatic carbocycles. The number of hydrogen-bond acceptors (Lipinski definition) is 5. The zero-order valence-corrected chi connectivity index (χ0v) is 11.6. The van der Waals surface area contributed by atoms with E-state index in [0.717, 1.165) is 0 Å². The van der Waals surface area contributed by atoms with E-state index in [2.05, 4.69) is 10.0 Å². The quantitative estimate of drug-likeness (QED) is 0.423. The molecule has 0 bridgehead atoms. The number of nitrogens with one attached hydrogen (secondary N) is 2. The van der Waals surface area contributed by atoms with Crippen LogP contribution in [0.25, 0.3) is 0 Å². The van der Waals surface area contributed by atoms with Gasteiger partial charge in [-0.05, 0) is 24.3 Å². The fraction of sp³-hybridized carbons (Fsp3) is 0. The fourth-order valence-corrected chi connectivity index (χ4v) is 2.15. The van der Waals surface area contributed by atoms with E-state index in [1.54, 1.807) is 24.3 Å². The van der Waals surface area contributed by atoms with E-state index in [1.807, 2.05) is 6.07 Å². The van der Waals surface area contributed by atoms with Gasteiger partial charge < -0.3 is 16.2 Å². The zero-order valence-electron chi connectivity index (χ0n) is 10.7. The van der Waals surface area contributed by atoms with Crippen molar-refractivity contribution in [2.75, 3.05) is 15.8 Å². The molecule has 0 heterocycles. The van der Waals surface area contributed by atoms with Gasteiger partial charge >= 0.3 is 5.97 Å². The Morgan fingerprint density at radius 3 is 2.38 bits per heavy atom. The lowest BCUT2D eigenvalue weighted by Crippen LogP contribution is -2.07. The molecule has 2 aromatic rings. The van der Waals surface area contributed by atoms with Crippen LogP contribution in [0.2, 0.25) is 0 Å². The number of hydrogen-bond donors (Lipinski definition) is 5. The average molecular weight is 307 g/mol. The van der Waals surface area contributed by atoms with Crippen LogP contribution >= 0.6 is 0 Å². The lowest BCUT2D eigenvalue weighted by Gasteiger charge is -2.15. The van der Waals surface area contributed by atoms with Crippen LogP contribution in [0.15, 0.2) is 42.5 Å². The van der Waals surface area contributed by atoms with Gasteiger partial charge in [-0.2, -0.15) is 0 Å². The molecule has 0 aromatic heterocycles. The normalized spacial score (nSPS) is 10.3. The molecule has 8 heteroatoms. The molecular formula is C13H13N3O4S. The SMILES string of the molecule is Nc1cc(C(=O)O)cc(N[SH](=O)=O)c1Nc1ccccc1. The summed E-state index contributed by atoms with van der Waals surface area (Å²) in [4.78, 5) is 11.0. The van der Waals surface area contributed by atoms with Crippen molar-refractivity contribution in [3.05, 3.63) is 48.0 Å². The average Bonchev–Trinajstić information content (AvgIpc) is 2.42. The molecule has 0 aliphatic heterocycles. The van der Waals surface area contributed by atoms with E-state index in [0.29, 0.717) is 11.4 Å². The van der Waals surface area contributed by atoms with Gasteiger partial charge in [0.1, 0.15) is 0 Å². The highest BCUT2D eigenvalue weighted by Gasteiger charge is 2.13. The van der Waals surface area contributed by atoms with Crippen molar-refractivity contribution in [1.29, 1.82) is 0 Å². The predicted molar refractivity (Wildman–Crippen MR) is 81.5 cm³/mol. The molecular weight excluding hydrogens is 294 g/mol. The van der Waals surface area contributed by atoms with Crippen molar-refractivity contribution >= 4 is 39.6 Å². The van der Waals surface area contributed by atoms with Crippen LogP contribution in [0.1, 0.15) is 10.4 Å². The van der Waals surface area contributed by atoms with E-state index >= 15 is 0 Å². The van der Waals surface area contributed by atoms with Crippen molar-refractivity contribution in [2.24, 2.45) is 0 Å². The van der Waals surface area contributed by atoms with Crippen LogP contribution in [0, 0.1) is 0 Å². The number of carboxylic acids is 1. The van der Waals surface area contributed by atoms with Gasteiger partial charge in [0, 0.05) is 5.69 Å². The van der Waals surface area contributed by atoms with E-state index in [9.17, 15) is 13.2 Å². The summed E-state index contributed by atoms with van der Waals surface area (Å²) >= 11 is 0. The van der Waals surface area contributed by atoms with Gasteiger partial charge in [0.25, 0.3) is 0 Å². The summed E-state index contributed by atoms with van der Waals surface area (Å²) in [5.41, 5.74) is 6.90. The third-order valence-corrected chi connectivity index (χ3v) is 3.09. The largest absolute Gasteiger partial charge is 0.478 e.